The van der Waals surface area contributed by atoms with Crippen molar-refractivity contribution in [3.63, 3.8) is 0 Å². The molecule has 1 aromatic heterocycles. The van der Waals surface area contributed by atoms with Crippen LogP contribution in [0.4, 0.5) is 11.4 Å². The van der Waals surface area contributed by atoms with Crippen LogP contribution in [-0.4, -0.2) is 0 Å². The molecule has 0 saturated heterocycles. The fourth-order valence-corrected chi connectivity index (χ4v) is 281. The standard InChI is InChI=1S/C34H27NO.S104/c1-21-18-23(35-24-14-16-31-28(20-24)26-8-4-6-10-30(26)34(31,2)3)13-15-25(21)22-12-17-33-29(19-22)27-9-5-7-11-32(27)36-33;1-3-5-7-9-11-13-15-17-19-21-23-25-27-29-31-33-35-37-39-41-43-45-47-49-51-53-55-57-59-61-63-65-67-69-71-73-75-77-79-81-83-85-87-89-91-93-95-97-99-101-103-104-102-100-98-96-94-92-90-88-86-84-82-80-78-76-74-72-70-68-66-64-62-60-58-56-54-52-50-48-46-44-42-40-38-36-34-32-30-28-26-24-22-20-18-16-14-12-10-8-6-4-2/h4-20,35H,1-3H3;. The SMILES string of the molecule is Cc1cc(Nc2ccc3c(c2)-c2ccccc2C3(C)C)ccc1-c1ccc2oc3ccccc3c2c1.S=S=S=S=S=S=S=S=S=S=S=S=S=S=S=S=S=S=S=S=S=S=S=S=S=S=S=S=S=S=S=S=S=S=S=S=S=S=S=S=S=S=S=S=S=S=S=S=S=S=S=S=S=S=S=S=S=S=S=S=S=S=S=S=S=S=S=S=S=S=S=S=S=S=S=S=S=S=S=S=S=S=S=S=S=S=S=S=S=S=S=S=S=S=S=S=S=S=S=S=S=S=S=S. The average Bonchev–Trinajstić information content (AvgIpc) is 1.58. The molecule has 0 saturated carbocycles. The second-order valence-electron chi connectivity index (χ2n) is 17.3. The Bertz CT molecular complexity index is 10700. The van der Waals surface area contributed by atoms with E-state index in [2.05, 4.69) is 117 Å². The molecule has 0 fully saturated rings. The zero-order valence-electron chi connectivity index (χ0n) is 63.2. The Labute approximate surface area is 1110 Å². The van der Waals surface area contributed by atoms with Crippen molar-refractivity contribution in [2.24, 2.45) is 0 Å². The molecule has 0 atom stereocenters. The molecule has 5 aromatic carbocycles. The molecular weight excluding hydrogens is 3770 g/mol. The summed E-state index contributed by atoms with van der Waals surface area (Å²) in [5, 5.41) is 5.96. The second-order valence-corrected chi connectivity index (χ2v) is 198. The number of rotatable bonds is 3. The van der Waals surface area contributed by atoms with Crippen LogP contribution in [0.5, 0.6) is 0 Å². The normalized spacial score (nSPS) is 9.36. The van der Waals surface area contributed by atoms with Gasteiger partial charge in [-0.25, -0.2) is 0 Å². The van der Waals surface area contributed by atoms with Crippen LogP contribution in [0.15, 0.2) is 108 Å². The maximum absolute atomic E-state index is 6.02. The Morgan fingerprint density at radius 3 is 0.643 bits per heavy atom. The van der Waals surface area contributed by atoms with Crippen molar-refractivity contribution in [3.05, 3.63) is 120 Å². The summed E-state index contributed by atoms with van der Waals surface area (Å²) in [6.45, 7) is 6.81. The number of benzene rings is 5. The number of aryl methyl sites for hydroxylation is 1. The predicted octanol–water partition coefficient (Wildman–Crippen LogP) is 9.36. The van der Waals surface area contributed by atoms with Crippen LogP contribution in [0, 0.1) is 6.92 Å². The van der Waals surface area contributed by atoms with E-state index < -0.39 is 0 Å². The van der Waals surface area contributed by atoms with Crippen molar-refractivity contribution >= 4 is 961 Å². The van der Waals surface area contributed by atoms with Crippen molar-refractivity contribution in [1.29, 1.82) is 0 Å². The monoisotopic (exact) mass is 3790 g/mol. The lowest BCUT2D eigenvalue weighted by molar-refractivity contribution is 0.660. The molecule has 798 valence electrons. The van der Waals surface area contributed by atoms with E-state index in [1.807, 2.05) is 794 Å². The first-order chi connectivity index (χ1) is 69.4. The van der Waals surface area contributed by atoms with Gasteiger partial charge in [-0.15, -0.1) is 0 Å². The highest BCUT2D eigenvalue weighted by Crippen LogP contribution is 2.49. The highest BCUT2D eigenvalue weighted by atomic mass is 33.6. The molecule has 1 N–H and O–H groups in total. The molecule has 6 aromatic rings. The van der Waals surface area contributed by atoms with Crippen LogP contribution < -0.4 is 5.32 Å². The number of hydrogen-bond donors (Lipinski definition) is 1. The summed E-state index contributed by atoms with van der Waals surface area (Å²) in [6, 6.07) is 36.9. The quantitative estimate of drug-likeness (QED) is 0.191. The molecule has 0 radical (unpaired) electrons. The van der Waals surface area contributed by atoms with Gasteiger partial charge in [-0.05, 0) is 88.3 Å². The van der Waals surface area contributed by atoms with Gasteiger partial charge in [0.1, 0.15) is 11.2 Å². The van der Waals surface area contributed by atoms with Crippen molar-refractivity contribution in [3.8, 4) is 22.3 Å². The minimum Gasteiger partial charge on any atom is -0.456 e. The van der Waals surface area contributed by atoms with Gasteiger partial charge in [-0.1, -0.05) is 74.5 Å². The number of nitrogens with one attached hydrogen (secondary N) is 1. The second kappa shape index (κ2) is 113. The molecule has 7 rings (SSSR count). The van der Waals surface area contributed by atoms with Crippen LogP contribution in [-0.2, 0) is 934 Å². The molecule has 106 heteroatoms. The first-order valence-electron chi connectivity index (χ1n) is 29.7. The number of anilines is 2. The number of para-hydroxylation sites is 1. The Balaban J connectivity index is 0.000000676. The van der Waals surface area contributed by atoms with E-state index in [0.717, 1.165) is 33.3 Å². The average molecular weight is 3800 g/mol. The first kappa shape index (κ1) is 147. The Morgan fingerprint density at radius 2 is 0.393 bits per heavy atom. The van der Waals surface area contributed by atoms with E-state index in [1.165, 1.54) is 56.7 Å². The third-order valence-electron chi connectivity index (χ3n) is 10.6. The van der Waals surface area contributed by atoms with E-state index in [1.54, 1.807) is 107 Å². The molecule has 2 nitrogen and oxygen atoms in total. The summed E-state index contributed by atoms with van der Waals surface area (Å²) < 4.78 is 6.02. The summed E-state index contributed by atoms with van der Waals surface area (Å²) in [5.41, 5.74) is 13.2. The Kier molecular flexibility index (Phi) is 119. The van der Waals surface area contributed by atoms with Gasteiger partial charge in [-0.3, -0.25) is 0 Å². The molecule has 1 aliphatic carbocycles. The minimum absolute atomic E-state index is 0.0319. The van der Waals surface area contributed by atoms with Crippen LogP contribution in [0.2, 0.25) is 0 Å². The lowest BCUT2D eigenvalue weighted by Gasteiger charge is -2.21. The summed E-state index contributed by atoms with van der Waals surface area (Å²) in [5.74, 6) is 0. The summed E-state index contributed by atoms with van der Waals surface area (Å²) >= 11 is 9.66. The van der Waals surface area contributed by atoms with Crippen molar-refractivity contribution in [2.45, 2.75) is 26.2 Å². The molecule has 0 unspecified atom stereocenters. The van der Waals surface area contributed by atoms with Gasteiger partial charge in [0.25, 0.3) is 0 Å². The molecule has 0 aliphatic heterocycles. The van der Waals surface area contributed by atoms with Crippen molar-refractivity contribution in [2.75, 3.05) is 5.32 Å². The zero-order chi connectivity index (χ0) is 98.6. The molecule has 1 heterocycles. The maximum atomic E-state index is 6.02. The minimum atomic E-state index is 0.0319. The van der Waals surface area contributed by atoms with E-state index >= 15 is 0 Å². The van der Waals surface area contributed by atoms with Gasteiger partial charge < -0.3 is 9.73 Å². The summed E-state index contributed by atoms with van der Waals surface area (Å²) in [4.78, 5) is 0. The lowest BCUT2D eigenvalue weighted by Crippen LogP contribution is -2.14. The van der Waals surface area contributed by atoms with E-state index in [-0.39, 0.29) is 5.41 Å². The fourth-order valence-electron chi connectivity index (χ4n) is 7.06. The number of fused-ring (bicyclic) bond motifs is 6. The Hall–Kier alpha value is 18.6. The van der Waals surface area contributed by atoms with E-state index in [9.17, 15) is 0 Å². The van der Waals surface area contributed by atoms with Gasteiger partial charge in [0.2, 0.25) is 0 Å². The maximum Gasteiger partial charge on any atom is 0.135 e. The Morgan fingerprint density at radius 1 is 0.186 bits per heavy atom. The third-order valence-corrected chi connectivity index (χ3v) is 235. The van der Waals surface area contributed by atoms with Gasteiger partial charge in [0.15, 0.2) is 0 Å². The van der Waals surface area contributed by atoms with Crippen LogP contribution in [0.25, 0.3) is 44.2 Å². The predicted molar refractivity (Wildman–Crippen MR) is 917 cm³/mol. The van der Waals surface area contributed by atoms with Crippen LogP contribution >= 0.6 is 0 Å². The highest BCUT2D eigenvalue weighted by molar-refractivity contribution is 8.88. The smallest absolute Gasteiger partial charge is 0.135 e. The highest BCUT2D eigenvalue weighted by Gasteiger charge is 2.35. The zero-order valence-corrected chi connectivity index (χ0v) is 148. The van der Waals surface area contributed by atoms with Crippen molar-refractivity contribution in [1.82, 2.24) is 0 Å². The number of hydrogen-bond acceptors (Lipinski definition) is 4. The molecule has 0 spiro atoms. The first-order valence-corrected chi connectivity index (χ1v) is 167. The topological polar surface area (TPSA) is 25.2 Å². The lowest BCUT2D eigenvalue weighted by atomic mass is 9.82. The van der Waals surface area contributed by atoms with Gasteiger partial charge in [-0.2, -0.15) is 0 Å². The fraction of sp³-hybridized carbons (Fsp3) is 0.118. The molecule has 0 bridgehead atoms. The molecule has 1 aliphatic rings. The summed E-state index contributed by atoms with van der Waals surface area (Å²) in [6.07, 6.45) is 0. The van der Waals surface area contributed by atoms with Gasteiger partial charge >= 0.3 is 0 Å². The molecule has 0 amide bonds. The van der Waals surface area contributed by atoms with Gasteiger partial charge in [0.05, 0.1) is 0 Å². The third kappa shape index (κ3) is 83.9. The van der Waals surface area contributed by atoms with Crippen LogP contribution in [0.1, 0.15) is 30.5 Å². The van der Waals surface area contributed by atoms with Gasteiger partial charge in [0, 0.05) is 956 Å². The summed E-state index contributed by atoms with van der Waals surface area (Å²) in [7, 11) is 185. The van der Waals surface area contributed by atoms with E-state index in [4.69, 9.17) is 26.8 Å². The van der Waals surface area contributed by atoms with E-state index in [0.29, 0.717) is 0 Å². The molecular formula is C34H27NOS104. The van der Waals surface area contributed by atoms with Crippen molar-refractivity contribution < 1.29 is 4.42 Å². The molecule has 140 heavy (non-hydrogen) atoms. The van der Waals surface area contributed by atoms with Crippen LogP contribution in [0.3, 0.4) is 0 Å². The largest absolute Gasteiger partial charge is 0.456 e. The number of furan rings is 1.